The van der Waals surface area contributed by atoms with Crippen molar-refractivity contribution in [2.24, 2.45) is 0 Å². The van der Waals surface area contributed by atoms with Crippen molar-refractivity contribution in [1.29, 1.82) is 0 Å². The predicted molar refractivity (Wildman–Crippen MR) is 84.8 cm³/mol. The van der Waals surface area contributed by atoms with Gasteiger partial charge in [-0.05, 0) is 17.5 Å². The van der Waals surface area contributed by atoms with E-state index in [1.807, 2.05) is 30.3 Å². The second-order valence-corrected chi connectivity index (χ2v) is 5.51. The Hall–Kier alpha value is -3.09. The molecular weight excluding hydrogens is 312 g/mol. The highest BCUT2D eigenvalue weighted by Crippen LogP contribution is 2.20. The van der Waals surface area contributed by atoms with Crippen LogP contribution in [0.1, 0.15) is 27.0 Å². The van der Waals surface area contributed by atoms with Gasteiger partial charge in [0.25, 0.3) is 5.56 Å². The topological polar surface area (TPSA) is 99.7 Å². The highest BCUT2D eigenvalue weighted by Gasteiger charge is 2.27. The van der Waals surface area contributed by atoms with Gasteiger partial charge in [0, 0.05) is 18.3 Å². The minimum atomic E-state index is -1.14. The van der Waals surface area contributed by atoms with E-state index in [0.29, 0.717) is 24.1 Å². The Morgan fingerprint density at radius 2 is 1.96 bits per heavy atom. The van der Waals surface area contributed by atoms with Crippen molar-refractivity contribution in [3.05, 3.63) is 69.1 Å². The van der Waals surface area contributed by atoms with Crippen molar-refractivity contribution >= 4 is 12.1 Å². The number of nitrogens with zero attached hydrogens (tertiary/aromatic N) is 1. The molecule has 24 heavy (non-hydrogen) atoms. The molecule has 1 aliphatic heterocycles. The molecule has 0 spiro atoms. The first kappa shape index (κ1) is 15.8. The van der Waals surface area contributed by atoms with Crippen LogP contribution in [0.25, 0.3) is 0 Å². The molecule has 0 saturated heterocycles. The largest absolute Gasteiger partial charge is 0.478 e. The minimum Gasteiger partial charge on any atom is -0.478 e. The van der Waals surface area contributed by atoms with Gasteiger partial charge in [0.05, 0.1) is 12.1 Å². The zero-order chi connectivity index (χ0) is 17.1. The van der Waals surface area contributed by atoms with E-state index in [-0.39, 0.29) is 24.3 Å². The van der Waals surface area contributed by atoms with Crippen LogP contribution in [0.15, 0.2) is 41.3 Å². The molecule has 0 fully saturated rings. The third-order valence-electron chi connectivity index (χ3n) is 3.99. The molecule has 2 aromatic rings. The third kappa shape index (κ3) is 3.15. The minimum absolute atomic E-state index is 0.00478. The first-order chi connectivity index (χ1) is 11.6. The van der Waals surface area contributed by atoms with Gasteiger partial charge < -0.3 is 19.7 Å². The summed E-state index contributed by atoms with van der Waals surface area (Å²) in [6.07, 6.45) is 0.940. The SMILES string of the molecule is O=C(O)c1c[nH]c(=O)c2c1CN(C(=O)OCc1ccccc1)CC2. The predicted octanol–water partition coefficient (Wildman–Crippen LogP) is 1.77. The smallest absolute Gasteiger partial charge is 0.410 e. The van der Waals surface area contributed by atoms with Crippen molar-refractivity contribution in [3.8, 4) is 0 Å². The first-order valence-corrected chi connectivity index (χ1v) is 7.48. The molecule has 7 nitrogen and oxygen atoms in total. The molecule has 1 aliphatic rings. The van der Waals surface area contributed by atoms with Crippen LogP contribution in [0.5, 0.6) is 0 Å². The summed E-state index contributed by atoms with van der Waals surface area (Å²) in [5.74, 6) is -1.14. The molecule has 1 aromatic heterocycles. The van der Waals surface area contributed by atoms with Crippen LogP contribution >= 0.6 is 0 Å². The zero-order valence-electron chi connectivity index (χ0n) is 12.8. The number of carboxylic acid groups (broad SMARTS) is 1. The molecule has 2 heterocycles. The molecule has 0 saturated carbocycles. The molecule has 124 valence electrons. The van der Waals surface area contributed by atoms with Crippen LogP contribution in [0.3, 0.4) is 0 Å². The van der Waals surface area contributed by atoms with Crippen LogP contribution in [-0.2, 0) is 24.3 Å². The maximum Gasteiger partial charge on any atom is 0.410 e. The number of nitrogens with one attached hydrogen (secondary N) is 1. The number of aromatic amines is 1. The number of aromatic carboxylic acids is 1. The molecule has 0 atom stereocenters. The van der Waals surface area contributed by atoms with Gasteiger partial charge in [-0.25, -0.2) is 9.59 Å². The van der Waals surface area contributed by atoms with Gasteiger partial charge in [-0.2, -0.15) is 0 Å². The van der Waals surface area contributed by atoms with Gasteiger partial charge in [0.15, 0.2) is 0 Å². The van der Waals surface area contributed by atoms with E-state index in [9.17, 15) is 19.5 Å². The lowest BCUT2D eigenvalue weighted by molar-refractivity contribution is 0.0687. The van der Waals surface area contributed by atoms with E-state index in [1.54, 1.807) is 0 Å². The Bertz CT molecular complexity index is 829. The van der Waals surface area contributed by atoms with Crippen LogP contribution < -0.4 is 5.56 Å². The summed E-state index contributed by atoms with van der Waals surface area (Å²) in [7, 11) is 0. The Morgan fingerprint density at radius 1 is 1.21 bits per heavy atom. The third-order valence-corrected chi connectivity index (χ3v) is 3.99. The summed E-state index contributed by atoms with van der Waals surface area (Å²) in [5.41, 5.74) is 1.35. The quantitative estimate of drug-likeness (QED) is 0.894. The second kappa shape index (κ2) is 6.57. The number of benzene rings is 1. The van der Waals surface area contributed by atoms with Crippen molar-refractivity contribution in [1.82, 2.24) is 9.88 Å². The Kier molecular flexibility index (Phi) is 4.33. The molecule has 0 bridgehead atoms. The lowest BCUT2D eigenvalue weighted by Crippen LogP contribution is -2.39. The summed E-state index contributed by atoms with van der Waals surface area (Å²) < 4.78 is 5.27. The maximum atomic E-state index is 12.2. The Labute approximate surface area is 137 Å². The van der Waals surface area contributed by atoms with Crippen molar-refractivity contribution in [2.45, 2.75) is 19.6 Å². The monoisotopic (exact) mass is 328 g/mol. The number of amides is 1. The molecule has 7 heteroatoms. The van der Waals surface area contributed by atoms with Gasteiger partial charge in [-0.3, -0.25) is 4.79 Å². The molecule has 0 radical (unpaired) electrons. The van der Waals surface area contributed by atoms with Gasteiger partial charge >= 0.3 is 12.1 Å². The lowest BCUT2D eigenvalue weighted by Gasteiger charge is -2.28. The fraction of sp³-hybridized carbons (Fsp3) is 0.235. The summed E-state index contributed by atoms with van der Waals surface area (Å²) in [6, 6.07) is 9.27. The zero-order valence-corrected chi connectivity index (χ0v) is 12.8. The summed E-state index contributed by atoms with van der Waals surface area (Å²) in [5, 5.41) is 9.25. The van der Waals surface area contributed by atoms with Crippen molar-refractivity contribution < 1.29 is 19.4 Å². The molecule has 3 rings (SSSR count). The molecular formula is C17H16N2O5. The van der Waals surface area contributed by atoms with Crippen molar-refractivity contribution in [3.63, 3.8) is 0 Å². The van der Waals surface area contributed by atoms with Gasteiger partial charge in [-0.15, -0.1) is 0 Å². The van der Waals surface area contributed by atoms with Crippen LogP contribution in [0, 0.1) is 0 Å². The maximum absolute atomic E-state index is 12.2. The fourth-order valence-corrected chi connectivity index (χ4v) is 2.73. The van der Waals surface area contributed by atoms with Crippen LogP contribution in [0.4, 0.5) is 4.79 Å². The Balaban J connectivity index is 1.74. The van der Waals surface area contributed by atoms with E-state index >= 15 is 0 Å². The number of carbonyl (C=O) groups excluding carboxylic acids is 1. The number of rotatable bonds is 3. The molecule has 0 unspecified atom stereocenters. The fourth-order valence-electron chi connectivity index (χ4n) is 2.73. The number of hydrogen-bond acceptors (Lipinski definition) is 4. The number of hydrogen-bond donors (Lipinski definition) is 2. The summed E-state index contributed by atoms with van der Waals surface area (Å²) in [6.45, 7) is 0.505. The molecule has 2 N–H and O–H groups in total. The van der Waals surface area contributed by atoms with Crippen molar-refractivity contribution in [2.75, 3.05) is 6.54 Å². The van der Waals surface area contributed by atoms with E-state index < -0.39 is 12.1 Å². The number of carboxylic acids is 1. The highest BCUT2D eigenvalue weighted by atomic mass is 16.6. The molecule has 0 aliphatic carbocycles. The highest BCUT2D eigenvalue weighted by molar-refractivity contribution is 5.89. The van der Waals surface area contributed by atoms with Gasteiger partial charge in [0.1, 0.15) is 6.61 Å². The van der Waals surface area contributed by atoms with Crippen LogP contribution in [0.2, 0.25) is 0 Å². The number of ether oxygens (including phenoxy) is 1. The van der Waals surface area contributed by atoms with E-state index in [4.69, 9.17) is 4.74 Å². The molecule has 1 amide bonds. The normalized spacial score (nSPS) is 13.2. The summed E-state index contributed by atoms with van der Waals surface area (Å²) >= 11 is 0. The number of H-pyrrole nitrogens is 1. The van der Waals surface area contributed by atoms with Gasteiger partial charge in [-0.1, -0.05) is 30.3 Å². The average molecular weight is 328 g/mol. The number of fused-ring (bicyclic) bond motifs is 1. The van der Waals surface area contributed by atoms with Crippen LogP contribution in [-0.4, -0.2) is 33.6 Å². The second-order valence-electron chi connectivity index (χ2n) is 5.51. The first-order valence-electron chi connectivity index (χ1n) is 7.48. The van der Waals surface area contributed by atoms with E-state index in [0.717, 1.165) is 5.56 Å². The van der Waals surface area contributed by atoms with Gasteiger partial charge in [0.2, 0.25) is 0 Å². The molecule has 1 aromatic carbocycles. The lowest BCUT2D eigenvalue weighted by atomic mass is 9.97. The number of carbonyl (C=O) groups is 2. The standard InChI is InChI=1S/C17H16N2O5/c20-15-12-6-7-19(9-14(12)13(8-18-15)16(21)22)17(23)24-10-11-4-2-1-3-5-11/h1-5,8H,6-7,9-10H2,(H,18,20)(H,21,22). The number of pyridine rings is 1. The average Bonchev–Trinajstić information content (AvgIpc) is 2.60. The number of aromatic nitrogens is 1. The van der Waals surface area contributed by atoms with E-state index in [1.165, 1.54) is 11.1 Å². The van der Waals surface area contributed by atoms with E-state index in [2.05, 4.69) is 4.98 Å². The summed E-state index contributed by atoms with van der Waals surface area (Å²) in [4.78, 5) is 39.2. The Morgan fingerprint density at radius 3 is 2.67 bits per heavy atom.